The number of halogens is 2. The molecule has 1 saturated heterocycles. The number of rotatable bonds is 5. The van der Waals surface area contributed by atoms with Crippen LogP contribution in [0.3, 0.4) is 0 Å². The summed E-state index contributed by atoms with van der Waals surface area (Å²) >= 11 is 0. The van der Waals surface area contributed by atoms with Crippen molar-refractivity contribution in [3.05, 3.63) is 0 Å². The summed E-state index contributed by atoms with van der Waals surface area (Å²) in [5, 5.41) is 4.85. The van der Waals surface area contributed by atoms with Crippen LogP contribution >= 0.6 is 0 Å². The van der Waals surface area contributed by atoms with E-state index in [9.17, 15) is 17.8 Å². The van der Waals surface area contributed by atoms with Gasteiger partial charge in [-0.25, -0.2) is 13.6 Å². The zero-order valence-electron chi connectivity index (χ0n) is 12.7. The van der Waals surface area contributed by atoms with Gasteiger partial charge in [0.05, 0.1) is 13.1 Å². The number of nitrogens with one attached hydrogen (secondary N) is 2. The van der Waals surface area contributed by atoms with Crippen LogP contribution in [0.25, 0.3) is 0 Å². The molecular formula is C13H24F2N2O3S. The summed E-state index contributed by atoms with van der Waals surface area (Å²) in [4.78, 5) is 11.3. The Morgan fingerprint density at radius 3 is 2.33 bits per heavy atom. The highest BCUT2D eigenvalue weighted by Crippen LogP contribution is 2.14. The van der Waals surface area contributed by atoms with Gasteiger partial charge in [0.1, 0.15) is 5.60 Å². The van der Waals surface area contributed by atoms with Crippen molar-refractivity contribution in [2.45, 2.75) is 51.2 Å². The summed E-state index contributed by atoms with van der Waals surface area (Å²) in [5.74, 6) is -1.94. The third-order valence-corrected chi connectivity index (χ3v) is 4.31. The van der Waals surface area contributed by atoms with Gasteiger partial charge in [0.2, 0.25) is 0 Å². The molecule has 0 aliphatic carbocycles. The average Bonchev–Trinajstić information content (AvgIpc) is 2.34. The molecule has 0 spiro atoms. The van der Waals surface area contributed by atoms with E-state index in [1.54, 1.807) is 20.8 Å². The van der Waals surface area contributed by atoms with Gasteiger partial charge in [0, 0.05) is 28.3 Å². The molecule has 5 nitrogen and oxygen atoms in total. The summed E-state index contributed by atoms with van der Waals surface area (Å²) in [5.41, 5.74) is -0.713. The molecule has 1 amide bonds. The van der Waals surface area contributed by atoms with Crippen molar-refractivity contribution in [2.75, 3.05) is 24.6 Å². The van der Waals surface area contributed by atoms with Gasteiger partial charge >= 0.3 is 6.09 Å². The normalized spacial score (nSPS) is 23.7. The van der Waals surface area contributed by atoms with Crippen LogP contribution in [-0.4, -0.2) is 52.5 Å². The minimum atomic E-state index is -3.05. The maximum atomic E-state index is 13.7. The molecule has 2 N–H and O–H groups in total. The number of hydrogen-bond acceptors (Lipinski definition) is 4. The molecule has 0 atom stereocenters. The van der Waals surface area contributed by atoms with E-state index in [0.717, 1.165) is 0 Å². The van der Waals surface area contributed by atoms with E-state index >= 15 is 0 Å². The van der Waals surface area contributed by atoms with Crippen LogP contribution in [0.4, 0.5) is 13.6 Å². The van der Waals surface area contributed by atoms with Crippen LogP contribution < -0.4 is 10.6 Å². The SMILES string of the molecule is CC(C)(C)OC(=O)NCC(F)(F)CNC1CCS(=O)CC1. The van der Waals surface area contributed by atoms with Gasteiger partial charge in [-0.05, 0) is 33.6 Å². The molecule has 1 aliphatic rings. The first kappa shape index (κ1) is 18.3. The van der Waals surface area contributed by atoms with E-state index < -0.39 is 41.5 Å². The van der Waals surface area contributed by atoms with Crippen LogP contribution in [0.2, 0.25) is 0 Å². The molecule has 8 heteroatoms. The lowest BCUT2D eigenvalue weighted by Gasteiger charge is -2.26. The molecule has 1 fully saturated rings. The minimum absolute atomic E-state index is 0.0323. The van der Waals surface area contributed by atoms with Crippen LogP contribution in [0.15, 0.2) is 0 Å². The van der Waals surface area contributed by atoms with Crippen molar-refractivity contribution in [1.82, 2.24) is 10.6 Å². The number of alkyl carbamates (subject to hydrolysis) is 1. The topological polar surface area (TPSA) is 67.4 Å². The number of carbonyl (C=O) groups excluding carboxylic acids is 1. The van der Waals surface area contributed by atoms with E-state index in [2.05, 4.69) is 10.6 Å². The van der Waals surface area contributed by atoms with E-state index in [0.29, 0.717) is 24.3 Å². The van der Waals surface area contributed by atoms with E-state index in [4.69, 9.17) is 4.74 Å². The fourth-order valence-corrected chi connectivity index (χ4v) is 3.17. The highest BCUT2D eigenvalue weighted by Gasteiger charge is 2.31. The Kier molecular flexibility index (Phi) is 6.52. The van der Waals surface area contributed by atoms with Gasteiger partial charge in [-0.2, -0.15) is 0 Å². The molecule has 0 saturated carbocycles. The molecule has 0 radical (unpaired) electrons. The van der Waals surface area contributed by atoms with Gasteiger partial charge in [-0.15, -0.1) is 0 Å². The van der Waals surface area contributed by atoms with E-state index in [-0.39, 0.29) is 6.04 Å². The fraction of sp³-hybridized carbons (Fsp3) is 0.923. The molecule has 21 heavy (non-hydrogen) atoms. The maximum absolute atomic E-state index is 13.7. The molecule has 124 valence electrons. The largest absolute Gasteiger partial charge is 0.444 e. The Bertz CT molecular complexity index is 376. The van der Waals surface area contributed by atoms with Gasteiger partial charge in [-0.1, -0.05) is 0 Å². The Hall–Kier alpha value is -0.760. The van der Waals surface area contributed by atoms with Gasteiger partial charge in [0.15, 0.2) is 0 Å². The Morgan fingerprint density at radius 2 is 1.81 bits per heavy atom. The second-order valence-electron chi connectivity index (χ2n) is 6.21. The lowest BCUT2D eigenvalue weighted by atomic mass is 10.1. The number of carbonyl (C=O) groups is 1. The van der Waals surface area contributed by atoms with Crippen molar-refractivity contribution < 1.29 is 22.5 Å². The van der Waals surface area contributed by atoms with Crippen molar-refractivity contribution in [1.29, 1.82) is 0 Å². The van der Waals surface area contributed by atoms with Crippen LogP contribution in [-0.2, 0) is 15.5 Å². The highest BCUT2D eigenvalue weighted by atomic mass is 32.2. The second-order valence-corrected chi connectivity index (χ2v) is 7.91. The van der Waals surface area contributed by atoms with Gasteiger partial charge < -0.3 is 15.4 Å². The number of hydrogen-bond donors (Lipinski definition) is 2. The molecule has 0 aromatic heterocycles. The third kappa shape index (κ3) is 8.31. The lowest BCUT2D eigenvalue weighted by molar-refractivity contribution is -0.00575. The van der Waals surface area contributed by atoms with Crippen LogP contribution in [0, 0.1) is 0 Å². The molecule has 1 heterocycles. The summed E-state index contributed by atoms with van der Waals surface area (Å²) in [7, 11) is -0.806. The minimum Gasteiger partial charge on any atom is -0.444 e. The second kappa shape index (κ2) is 7.49. The molecule has 1 rings (SSSR count). The summed E-state index contributed by atoms with van der Waals surface area (Å²) < 4.78 is 43.4. The molecule has 0 bridgehead atoms. The first-order valence-electron chi connectivity index (χ1n) is 7.00. The average molecular weight is 326 g/mol. The van der Waals surface area contributed by atoms with Crippen molar-refractivity contribution in [2.24, 2.45) is 0 Å². The quantitative estimate of drug-likeness (QED) is 0.806. The Balaban J connectivity index is 2.26. The van der Waals surface area contributed by atoms with Crippen molar-refractivity contribution >= 4 is 16.9 Å². The molecule has 0 unspecified atom stereocenters. The molecule has 0 aromatic carbocycles. The standard InChI is InChI=1S/C13H24F2N2O3S/c1-12(2,3)20-11(18)17-9-13(14,15)8-16-10-4-6-21(19)7-5-10/h10,16H,4-9H2,1-3H3,(H,17,18). The molecular weight excluding hydrogens is 302 g/mol. The Labute approximate surface area is 126 Å². The van der Waals surface area contributed by atoms with E-state index in [1.807, 2.05) is 0 Å². The number of ether oxygens (including phenoxy) is 1. The highest BCUT2D eigenvalue weighted by molar-refractivity contribution is 7.85. The molecule has 1 aliphatic heterocycles. The zero-order valence-corrected chi connectivity index (χ0v) is 13.5. The Morgan fingerprint density at radius 1 is 1.24 bits per heavy atom. The monoisotopic (exact) mass is 326 g/mol. The van der Waals surface area contributed by atoms with Crippen molar-refractivity contribution in [3.63, 3.8) is 0 Å². The summed E-state index contributed by atoms with van der Waals surface area (Å²) in [6.07, 6.45) is 0.430. The van der Waals surface area contributed by atoms with Crippen LogP contribution in [0.5, 0.6) is 0 Å². The predicted octanol–water partition coefficient (Wildman–Crippen LogP) is 1.65. The summed E-state index contributed by atoms with van der Waals surface area (Å²) in [6, 6.07) is -0.0323. The predicted molar refractivity (Wildman–Crippen MR) is 78.1 cm³/mol. The molecule has 0 aromatic rings. The number of alkyl halides is 2. The number of amides is 1. The maximum Gasteiger partial charge on any atom is 0.407 e. The zero-order chi connectivity index (χ0) is 16.1. The smallest absolute Gasteiger partial charge is 0.407 e. The van der Waals surface area contributed by atoms with Gasteiger partial charge in [-0.3, -0.25) is 4.21 Å². The van der Waals surface area contributed by atoms with E-state index in [1.165, 1.54) is 0 Å². The lowest BCUT2D eigenvalue weighted by Crippen LogP contribution is -2.48. The fourth-order valence-electron chi connectivity index (χ4n) is 1.87. The third-order valence-electron chi connectivity index (χ3n) is 2.93. The first-order valence-corrected chi connectivity index (χ1v) is 8.49. The van der Waals surface area contributed by atoms with Gasteiger partial charge in [0.25, 0.3) is 5.92 Å². The summed E-state index contributed by atoms with van der Waals surface area (Å²) in [6.45, 7) is 3.71. The van der Waals surface area contributed by atoms with Crippen molar-refractivity contribution in [3.8, 4) is 0 Å². The van der Waals surface area contributed by atoms with Crippen LogP contribution in [0.1, 0.15) is 33.6 Å². The first-order chi connectivity index (χ1) is 9.57.